The van der Waals surface area contributed by atoms with Crippen LogP contribution in [0.2, 0.25) is 0 Å². The fourth-order valence-electron chi connectivity index (χ4n) is 5.25. The summed E-state index contributed by atoms with van der Waals surface area (Å²) in [5, 5.41) is 0.679. The molecule has 0 radical (unpaired) electrons. The number of carbonyl (C=O) groups excluding carboxylic acids is 3. The predicted octanol–water partition coefficient (Wildman–Crippen LogP) is 5.86. The van der Waals surface area contributed by atoms with Crippen LogP contribution in [0.3, 0.4) is 0 Å². The average molecular weight is 537 g/mol. The molecule has 3 heterocycles. The molecule has 0 aliphatic carbocycles. The summed E-state index contributed by atoms with van der Waals surface area (Å²) in [6.07, 6.45) is 5.03. The van der Waals surface area contributed by atoms with Gasteiger partial charge in [-0.15, -0.1) is 0 Å². The number of halogens is 1. The molecule has 1 atom stereocenters. The van der Waals surface area contributed by atoms with E-state index in [9.17, 15) is 18.8 Å². The van der Waals surface area contributed by atoms with Gasteiger partial charge in [-0.2, -0.15) is 0 Å². The lowest BCUT2D eigenvalue weighted by Crippen LogP contribution is -2.42. The van der Waals surface area contributed by atoms with Gasteiger partial charge in [-0.3, -0.25) is 14.6 Å². The number of aromatic nitrogens is 2. The number of ketones is 1. The summed E-state index contributed by atoms with van der Waals surface area (Å²) in [6.45, 7) is 13.8. The number of likely N-dealkylation sites (tertiary alicyclic amines) is 1. The molecular weight excluding hydrogens is 499 g/mol. The number of carbonyl (C=O) groups is 3. The van der Waals surface area contributed by atoms with Crippen molar-refractivity contribution in [3.63, 3.8) is 0 Å². The number of rotatable bonds is 6. The van der Waals surface area contributed by atoms with Gasteiger partial charge in [-0.25, -0.2) is 9.18 Å². The molecule has 1 aliphatic heterocycles. The summed E-state index contributed by atoms with van der Waals surface area (Å²) in [5.41, 5.74) is 1.14. The van der Waals surface area contributed by atoms with E-state index in [1.54, 1.807) is 45.1 Å². The van der Waals surface area contributed by atoms with E-state index in [0.717, 1.165) is 0 Å². The highest BCUT2D eigenvalue weighted by molar-refractivity contribution is 6.10. The molecule has 4 rings (SSSR count). The fourth-order valence-corrected chi connectivity index (χ4v) is 5.25. The lowest BCUT2D eigenvalue weighted by molar-refractivity contribution is 0.0289. The van der Waals surface area contributed by atoms with E-state index in [0.29, 0.717) is 35.1 Å². The summed E-state index contributed by atoms with van der Waals surface area (Å²) in [6, 6.07) is 5.68. The van der Waals surface area contributed by atoms with Crippen LogP contribution in [0, 0.1) is 11.7 Å². The Morgan fingerprint density at radius 3 is 2.41 bits per heavy atom. The predicted molar refractivity (Wildman–Crippen MR) is 148 cm³/mol. The van der Waals surface area contributed by atoms with E-state index in [1.807, 2.05) is 48.5 Å². The zero-order valence-electron chi connectivity index (χ0n) is 23.7. The molecule has 1 saturated heterocycles. The van der Waals surface area contributed by atoms with Crippen molar-refractivity contribution >= 4 is 28.7 Å². The zero-order chi connectivity index (χ0) is 28.6. The average Bonchev–Trinajstić information content (AvgIpc) is 3.48. The van der Waals surface area contributed by atoms with Crippen LogP contribution in [0.15, 0.2) is 42.9 Å². The van der Waals surface area contributed by atoms with Gasteiger partial charge in [-0.05, 0) is 79.2 Å². The monoisotopic (exact) mass is 536 g/mol. The number of pyridine rings is 1. The lowest BCUT2D eigenvalue weighted by Gasteiger charge is -2.31. The zero-order valence-corrected chi connectivity index (χ0v) is 23.7. The van der Waals surface area contributed by atoms with Crippen LogP contribution >= 0.6 is 0 Å². The van der Waals surface area contributed by atoms with E-state index in [2.05, 4.69) is 4.98 Å². The fraction of sp³-hybridized carbons (Fsp3) is 0.467. The van der Waals surface area contributed by atoms with Crippen molar-refractivity contribution in [2.45, 2.75) is 72.6 Å². The summed E-state index contributed by atoms with van der Waals surface area (Å²) < 4.78 is 21.7. The summed E-state index contributed by atoms with van der Waals surface area (Å²) in [5.74, 6) is -1.31. The molecule has 0 saturated carbocycles. The van der Waals surface area contributed by atoms with Gasteiger partial charge in [-0.1, -0.05) is 0 Å². The number of ether oxygens (including phenoxy) is 1. The van der Waals surface area contributed by atoms with Crippen molar-refractivity contribution in [2.75, 3.05) is 13.1 Å². The third-order valence-corrected chi connectivity index (χ3v) is 6.88. The normalized spacial score (nSPS) is 15.8. The first-order chi connectivity index (χ1) is 18.3. The SMILES string of the molecule is CC(C)N(C(=O)c1cc(F)ccc1-n1cc(C(=O)[C@@H]2CCN(C(=O)OC(C)(C)C)C2)c2ccncc21)C(C)C. The van der Waals surface area contributed by atoms with Gasteiger partial charge in [0.2, 0.25) is 0 Å². The van der Waals surface area contributed by atoms with E-state index in [1.165, 1.54) is 12.1 Å². The van der Waals surface area contributed by atoms with Crippen LogP contribution in [0.25, 0.3) is 16.6 Å². The third-order valence-electron chi connectivity index (χ3n) is 6.88. The van der Waals surface area contributed by atoms with Gasteiger partial charge in [0.05, 0.1) is 23.0 Å². The van der Waals surface area contributed by atoms with Gasteiger partial charge >= 0.3 is 6.09 Å². The maximum absolute atomic E-state index is 14.5. The number of hydrogen-bond acceptors (Lipinski definition) is 5. The molecule has 3 aromatic rings. The number of fused-ring (bicyclic) bond motifs is 1. The van der Waals surface area contributed by atoms with Crippen molar-refractivity contribution in [1.29, 1.82) is 0 Å². The number of hydrogen-bond donors (Lipinski definition) is 0. The van der Waals surface area contributed by atoms with Crippen LogP contribution in [0.1, 0.15) is 75.6 Å². The first kappa shape index (κ1) is 28.3. The Bertz CT molecular complexity index is 1400. The first-order valence-corrected chi connectivity index (χ1v) is 13.4. The molecule has 1 aliphatic rings. The topological polar surface area (TPSA) is 84.7 Å². The van der Waals surface area contributed by atoms with Gasteiger partial charge in [0, 0.05) is 54.4 Å². The minimum absolute atomic E-state index is 0.0934. The van der Waals surface area contributed by atoms with Gasteiger partial charge in [0.15, 0.2) is 5.78 Å². The molecule has 2 aromatic heterocycles. The van der Waals surface area contributed by atoms with Crippen molar-refractivity contribution in [2.24, 2.45) is 5.92 Å². The maximum Gasteiger partial charge on any atom is 0.410 e. The first-order valence-electron chi connectivity index (χ1n) is 13.4. The molecule has 9 heteroatoms. The van der Waals surface area contributed by atoms with Crippen molar-refractivity contribution in [1.82, 2.24) is 19.4 Å². The van der Waals surface area contributed by atoms with Crippen LogP contribution in [0.5, 0.6) is 0 Å². The second-order valence-electron chi connectivity index (χ2n) is 11.6. The Balaban J connectivity index is 1.73. The highest BCUT2D eigenvalue weighted by Crippen LogP contribution is 2.31. The molecule has 0 bridgehead atoms. The lowest BCUT2D eigenvalue weighted by atomic mass is 9.97. The van der Waals surface area contributed by atoms with Gasteiger partial charge in [0.1, 0.15) is 11.4 Å². The third kappa shape index (κ3) is 5.82. The molecule has 39 heavy (non-hydrogen) atoms. The van der Waals surface area contributed by atoms with Crippen LogP contribution in [-0.2, 0) is 4.74 Å². The molecular formula is C30H37FN4O4. The van der Waals surface area contributed by atoms with E-state index in [4.69, 9.17) is 4.74 Å². The quantitative estimate of drug-likeness (QED) is 0.368. The van der Waals surface area contributed by atoms with E-state index in [-0.39, 0.29) is 35.9 Å². The van der Waals surface area contributed by atoms with Gasteiger partial charge in [0.25, 0.3) is 5.91 Å². The Labute approximate surface area is 228 Å². The molecule has 8 nitrogen and oxygen atoms in total. The van der Waals surface area contributed by atoms with E-state index < -0.39 is 23.4 Å². The molecule has 2 amide bonds. The number of amides is 2. The number of benzene rings is 1. The van der Waals surface area contributed by atoms with Crippen molar-refractivity contribution in [3.8, 4) is 5.69 Å². The number of nitrogens with zero attached hydrogens (tertiary/aromatic N) is 4. The highest BCUT2D eigenvalue weighted by Gasteiger charge is 2.35. The van der Waals surface area contributed by atoms with Crippen LogP contribution in [-0.4, -0.2) is 67.9 Å². The molecule has 0 N–H and O–H groups in total. The standard InChI is InChI=1S/C30H37FN4O4/c1-18(2)35(19(3)4)28(37)23-14-21(31)8-9-25(23)34-17-24(22-10-12-32-15-26(22)34)27(36)20-11-13-33(16-20)29(38)39-30(5,6)7/h8-10,12,14-15,17-20H,11,13,16H2,1-7H3/t20-/m1/s1. The molecule has 1 fully saturated rings. The molecule has 0 spiro atoms. The largest absolute Gasteiger partial charge is 0.444 e. The molecule has 1 aromatic carbocycles. The van der Waals surface area contributed by atoms with Crippen LogP contribution < -0.4 is 0 Å². The number of Topliss-reactive ketones (excluding diaryl/α,β-unsaturated/α-hetero) is 1. The summed E-state index contributed by atoms with van der Waals surface area (Å²) in [7, 11) is 0. The Morgan fingerprint density at radius 1 is 1.08 bits per heavy atom. The van der Waals surface area contributed by atoms with Gasteiger partial charge < -0.3 is 19.1 Å². The Kier molecular flexibility index (Phi) is 7.82. The summed E-state index contributed by atoms with van der Waals surface area (Å²) >= 11 is 0. The smallest absolute Gasteiger partial charge is 0.410 e. The summed E-state index contributed by atoms with van der Waals surface area (Å²) in [4.78, 5) is 47.5. The van der Waals surface area contributed by atoms with Crippen molar-refractivity contribution < 1.29 is 23.5 Å². The Hall–Kier alpha value is -3.75. The second kappa shape index (κ2) is 10.8. The van der Waals surface area contributed by atoms with E-state index >= 15 is 0 Å². The molecule has 208 valence electrons. The minimum Gasteiger partial charge on any atom is -0.444 e. The molecule has 0 unspecified atom stereocenters. The van der Waals surface area contributed by atoms with Crippen LogP contribution in [0.4, 0.5) is 9.18 Å². The Morgan fingerprint density at radius 2 is 1.77 bits per heavy atom. The second-order valence-corrected chi connectivity index (χ2v) is 11.6. The minimum atomic E-state index is -0.620. The highest BCUT2D eigenvalue weighted by atomic mass is 19.1. The van der Waals surface area contributed by atoms with Crippen molar-refractivity contribution in [3.05, 3.63) is 59.8 Å². The maximum atomic E-state index is 14.5.